The van der Waals surface area contributed by atoms with Gasteiger partial charge >= 0.3 is 5.69 Å². The molecule has 1 fully saturated rings. The summed E-state index contributed by atoms with van der Waals surface area (Å²) >= 11 is 0. The zero-order valence-electron chi connectivity index (χ0n) is 9.64. The van der Waals surface area contributed by atoms with Crippen molar-refractivity contribution in [1.82, 2.24) is 9.97 Å². The zero-order valence-corrected chi connectivity index (χ0v) is 9.64. The van der Waals surface area contributed by atoms with Crippen LogP contribution >= 0.6 is 0 Å². The Labute approximate surface area is 98.6 Å². The first kappa shape index (κ1) is 11.6. The monoisotopic (exact) mass is 237 g/mol. The highest BCUT2D eigenvalue weighted by Crippen LogP contribution is 2.40. The number of nitrogens with two attached hydrogens (primary N) is 1. The van der Waals surface area contributed by atoms with Gasteiger partial charge in [0.1, 0.15) is 6.20 Å². The van der Waals surface area contributed by atoms with Gasteiger partial charge in [-0.3, -0.25) is 10.1 Å². The fraction of sp³-hybridized carbons (Fsp3) is 0.600. The van der Waals surface area contributed by atoms with Crippen molar-refractivity contribution in [2.75, 3.05) is 17.6 Å². The highest BCUT2D eigenvalue weighted by molar-refractivity contribution is 5.56. The number of anilines is 2. The third-order valence-corrected chi connectivity index (χ3v) is 3.23. The van der Waals surface area contributed by atoms with Gasteiger partial charge < -0.3 is 11.1 Å². The summed E-state index contributed by atoms with van der Waals surface area (Å²) in [4.78, 5) is 17.8. The number of nitro groups is 1. The van der Waals surface area contributed by atoms with Crippen LogP contribution in [-0.4, -0.2) is 21.4 Å². The molecule has 17 heavy (non-hydrogen) atoms. The summed E-state index contributed by atoms with van der Waals surface area (Å²) in [6, 6.07) is 0. The van der Waals surface area contributed by atoms with E-state index in [-0.39, 0.29) is 22.9 Å². The minimum absolute atomic E-state index is 0.0388. The van der Waals surface area contributed by atoms with E-state index in [0.29, 0.717) is 6.54 Å². The van der Waals surface area contributed by atoms with Gasteiger partial charge in [0.05, 0.1) is 4.92 Å². The Morgan fingerprint density at radius 3 is 2.88 bits per heavy atom. The van der Waals surface area contributed by atoms with Gasteiger partial charge in [0.2, 0.25) is 11.8 Å². The van der Waals surface area contributed by atoms with Crippen molar-refractivity contribution in [3.05, 3.63) is 16.3 Å². The molecule has 0 aliphatic heterocycles. The van der Waals surface area contributed by atoms with Gasteiger partial charge in [-0.2, -0.15) is 4.98 Å². The molecule has 0 bridgehead atoms. The fourth-order valence-electron chi connectivity index (χ4n) is 1.91. The first-order valence-corrected chi connectivity index (χ1v) is 5.51. The quantitative estimate of drug-likeness (QED) is 0.608. The van der Waals surface area contributed by atoms with Crippen LogP contribution in [0.3, 0.4) is 0 Å². The highest BCUT2D eigenvalue weighted by atomic mass is 16.6. The van der Waals surface area contributed by atoms with Crippen molar-refractivity contribution in [2.24, 2.45) is 5.41 Å². The molecule has 1 aromatic heterocycles. The SMILES string of the molecule is CC1(CNc2nc(N)ncc2[N+](=O)[O-])CCC1. The van der Waals surface area contributed by atoms with Crippen molar-refractivity contribution in [3.8, 4) is 0 Å². The summed E-state index contributed by atoms with van der Waals surface area (Å²) in [7, 11) is 0. The molecule has 0 radical (unpaired) electrons. The molecule has 3 N–H and O–H groups in total. The van der Waals surface area contributed by atoms with Gasteiger partial charge in [-0.15, -0.1) is 0 Å². The topological polar surface area (TPSA) is 107 Å². The van der Waals surface area contributed by atoms with Crippen LogP contribution in [-0.2, 0) is 0 Å². The molecule has 7 nitrogen and oxygen atoms in total. The lowest BCUT2D eigenvalue weighted by Gasteiger charge is -2.38. The lowest BCUT2D eigenvalue weighted by Crippen LogP contribution is -2.33. The van der Waals surface area contributed by atoms with Crippen LogP contribution in [0.25, 0.3) is 0 Å². The number of hydrogen-bond donors (Lipinski definition) is 2. The second-order valence-electron chi connectivity index (χ2n) is 4.74. The van der Waals surface area contributed by atoms with Crippen LogP contribution in [0.15, 0.2) is 6.20 Å². The van der Waals surface area contributed by atoms with Gasteiger partial charge in [-0.25, -0.2) is 4.98 Å². The molecule has 2 rings (SSSR count). The minimum Gasteiger partial charge on any atom is -0.368 e. The molecule has 0 amide bonds. The fourth-order valence-corrected chi connectivity index (χ4v) is 1.91. The van der Waals surface area contributed by atoms with Crippen molar-refractivity contribution >= 4 is 17.5 Å². The van der Waals surface area contributed by atoms with Crippen LogP contribution < -0.4 is 11.1 Å². The molecule has 0 unspecified atom stereocenters. The number of rotatable bonds is 4. The molecule has 1 heterocycles. The average molecular weight is 237 g/mol. The second-order valence-corrected chi connectivity index (χ2v) is 4.74. The van der Waals surface area contributed by atoms with Crippen molar-refractivity contribution in [3.63, 3.8) is 0 Å². The smallest absolute Gasteiger partial charge is 0.329 e. The standard InChI is InChI=1S/C10H15N5O2/c1-10(3-2-4-10)6-13-8-7(15(16)17)5-12-9(11)14-8/h5H,2-4,6H2,1H3,(H3,11,12,13,14). The zero-order chi connectivity index (χ0) is 12.5. The summed E-state index contributed by atoms with van der Waals surface area (Å²) in [5.41, 5.74) is 5.51. The normalized spacial score (nSPS) is 17.2. The van der Waals surface area contributed by atoms with E-state index in [1.54, 1.807) is 0 Å². The largest absolute Gasteiger partial charge is 0.368 e. The lowest BCUT2D eigenvalue weighted by atomic mass is 9.70. The molecule has 1 saturated carbocycles. The molecule has 0 aromatic carbocycles. The maximum absolute atomic E-state index is 10.8. The summed E-state index contributed by atoms with van der Waals surface area (Å²) in [6.07, 6.45) is 4.61. The van der Waals surface area contributed by atoms with E-state index in [4.69, 9.17) is 5.73 Å². The Balaban J connectivity index is 2.13. The Hall–Kier alpha value is -1.92. The molecule has 92 valence electrons. The summed E-state index contributed by atoms with van der Waals surface area (Å²) in [5.74, 6) is 0.243. The Morgan fingerprint density at radius 2 is 2.35 bits per heavy atom. The van der Waals surface area contributed by atoms with Gasteiger partial charge in [0.25, 0.3) is 0 Å². The van der Waals surface area contributed by atoms with Gasteiger partial charge in [-0.1, -0.05) is 13.3 Å². The molecule has 0 saturated heterocycles. The predicted molar refractivity (Wildman–Crippen MR) is 63.5 cm³/mol. The Bertz CT molecular complexity index is 444. The van der Waals surface area contributed by atoms with Crippen LogP contribution in [0.4, 0.5) is 17.5 Å². The van der Waals surface area contributed by atoms with Crippen molar-refractivity contribution in [1.29, 1.82) is 0 Å². The predicted octanol–water partition coefficient (Wildman–Crippen LogP) is 1.57. The van der Waals surface area contributed by atoms with Crippen LogP contribution in [0.1, 0.15) is 26.2 Å². The van der Waals surface area contributed by atoms with Gasteiger partial charge in [-0.05, 0) is 18.3 Å². The number of nitrogen functional groups attached to an aromatic ring is 1. The van der Waals surface area contributed by atoms with Crippen LogP contribution in [0.2, 0.25) is 0 Å². The maximum atomic E-state index is 10.8. The first-order chi connectivity index (χ1) is 8.00. The molecule has 0 spiro atoms. The van der Waals surface area contributed by atoms with Gasteiger partial charge in [0, 0.05) is 6.54 Å². The number of nitrogens with one attached hydrogen (secondary N) is 1. The molecular formula is C10H15N5O2. The molecule has 0 atom stereocenters. The van der Waals surface area contributed by atoms with E-state index in [0.717, 1.165) is 19.0 Å². The third kappa shape index (κ3) is 2.43. The third-order valence-electron chi connectivity index (χ3n) is 3.23. The number of nitrogens with zero attached hydrogens (tertiary/aromatic N) is 3. The van der Waals surface area contributed by atoms with Gasteiger partial charge in [0.15, 0.2) is 0 Å². The van der Waals surface area contributed by atoms with E-state index in [9.17, 15) is 10.1 Å². The second kappa shape index (κ2) is 4.15. The van der Waals surface area contributed by atoms with E-state index in [2.05, 4.69) is 22.2 Å². The molecule has 1 aliphatic carbocycles. The van der Waals surface area contributed by atoms with E-state index >= 15 is 0 Å². The maximum Gasteiger partial charge on any atom is 0.329 e. The Morgan fingerprint density at radius 1 is 1.65 bits per heavy atom. The summed E-state index contributed by atoms with van der Waals surface area (Å²) < 4.78 is 0. The molecule has 7 heteroatoms. The lowest BCUT2D eigenvalue weighted by molar-refractivity contribution is -0.384. The van der Waals surface area contributed by atoms with E-state index in [1.807, 2.05) is 0 Å². The van der Waals surface area contributed by atoms with E-state index < -0.39 is 4.92 Å². The van der Waals surface area contributed by atoms with Crippen LogP contribution in [0.5, 0.6) is 0 Å². The van der Waals surface area contributed by atoms with E-state index in [1.165, 1.54) is 6.42 Å². The number of aromatic nitrogens is 2. The molecular weight excluding hydrogens is 222 g/mol. The Kier molecular flexibility index (Phi) is 2.83. The molecule has 1 aromatic rings. The average Bonchev–Trinajstić information content (AvgIpc) is 2.23. The number of hydrogen-bond acceptors (Lipinski definition) is 6. The highest BCUT2D eigenvalue weighted by Gasteiger charge is 2.32. The van der Waals surface area contributed by atoms with Crippen molar-refractivity contribution < 1.29 is 4.92 Å². The van der Waals surface area contributed by atoms with Crippen molar-refractivity contribution in [2.45, 2.75) is 26.2 Å². The van der Waals surface area contributed by atoms with Crippen LogP contribution in [0, 0.1) is 15.5 Å². The summed E-state index contributed by atoms with van der Waals surface area (Å²) in [5, 5.41) is 13.8. The first-order valence-electron chi connectivity index (χ1n) is 5.51. The molecule has 1 aliphatic rings. The summed E-state index contributed by atoms with van der Waals surface area (Å²) in [6.45, 7) is 2.82. The minimum atomic E-state index is -0.509.